The summed E-state index contributed by atoms with van der Waals surface area (Å²) >= 11 is 1.82. The van der Waals surface area contributed by atoms with Crippen molar-refractivity contribution in [1.82, 2.24) is 0 Å². The molecule has 0 unspecified atom stereocenters. The molecule has 0 fully saturated rings. The fourth-order valence-electron chi connectivity index (χ4n) is 1.25. The maximum Gasteiger partial charge on any atom is 0.120 e. The van der Waals surface area contributed by atoms with E-state index in [4.69, 9.17) is 4.74 Å². The summed E-state index contributed by atoms with van der Waals surface area (Å²) in [6, 6.07) is 5.99. The molecule has 3 heteroatoms. The van der Waals surface area contributed by atoms with Crippen molar-refractivity contribution in [3.63, 3.8) is 0 Å². The molecule has 0 bridgehead atoms. The quantitative estimate of drug-likeness (QED) is 0.684. The monoisotopic (exact) mass is 193 g/mol. The average Bonchev–Trinajstić information content (AvgIpc) is 2.17. The van der Waals surface area contributed by atoms with Crippen LogP contribution >= 0.6 is 11.8 Å². The van der Waals surface area contributed by atoms with Crippen LogP contribution in [0.3, 0.4) is 0 Å². The van der Waals surface area contributed by atoms with Gasteiger partial charge in [0.2, 0.25) is 0 Å². The largest absolute Gasteiger partial charge is 0.497 e. The standard InChI is InChI=1S/C10H11NOS/c1-7-6-13-10-5-8(12-2)3-4-9(10)11-7/h3-5H,6H2,1-2H3. The van der Waals surface area contributed by atoms with Gasteiger partial charge in [-0.3, -0.25) is 4.99 Å². The number of ether oxygens (including phenoxy) is 1. The van der Waals surface area contributed by atoms with Crippen molar-refractivity contribution in [2.45, 2.75) is 11.8 Å². The zero-order valence-corrected chi connectivity index (χ0v) is 8.52. The molecule has 0 N–H and O–H groups in total. The molecule has 0 radical (unpaired) electrons. The maximum atomic E-state index is 5.15. The molecule has 2 rings (SSSR count). The van der Waals surface area contributed by atoms with E-state index in [9.17, 15) is 0 Å². The number of methoxy groups -OCH3 is 1. The predicted molar refractivity (Wildman–Crippen MR) is 56.5 cm³/mol. The molecule has 2 nitrogen and oxygen atoms in total. The van der Waals surface area contributed by atoms with Gasteiger partial charge >= 0.3 is 0 Å². The van der Waals surface area contributed by atoms with E-state index in [1.165, 1.54) is 10.6 Å². The first-order valence-electron chi connectivity index (χ1n) is 4.14. The molecule has 1 aliphatic rings. The van der Waals surface area contributed by atoms with E-state index in [0.29, 0.717) is 0 Å². The molecule has 0 saturated heterocycles. The molecule has 1 aliphatic heterocycles. The Balaban J connectivity index is 2.43. The van der Waals surface area contributed by atoms with Gasteiger partial charge in [-0.25, -0.2) is 0 Å². The van der Waals surface area contributed by atoms with Gasteiger partial charge in [0.25, 0.3) is 0 Å². The Morgan fingerprint density at radius 2 is 2.31 bits per heavy atom. The molecule has 0 saturated carbocycles. The Kier molecular flexibility index (Phi) is 2.27. The maximum absolute atomic E-state index is 5.15. The van der Waals surface area contributed by atoms with Crippen molar-refractivity contribution >= 4 is 23.2 Å². The van der Waals surface area contributed by atoms with Crippen molar-refractivity contribution in [2.75, 3.05) is 12.9 Å². The number of hydrogen-bond acceptors (Lipinski definition) is 3. The molecular weight excluding hydrogens is 182 g/mol. The first-order chi connectivity index (χ1) is 6.29. The summed E-state index contributed by atoms with van der Waals surface area (Å²) in [7, 11) is 1.68. The van der Waals surface area contributed by atoms with Crippen LogP contribution in [0.15, 0.2) is 28.1 Å². The highest BCUT2D eigenvalue weighted by atomic mass is 32.2. The SMILES string of the molecule is COc1ccc2c(c1)SCC(C)=N2. The third kappa shape index (κ3) is 1.70. The summed E-state index contributed by atoms with van der Waals surface area (Å²) in [5.41, 5.74) is 2.25. The van der Waals surface area contributed by atoms with Gasteiger partial charge < -0.3 is 4.74 Å². The van der Waals surface area contributed by atoms with Crippen LogP contribution in [0, 0.1) is 0 Å². The van der Waals surface area contributed by atoms with Crippen LogP contribution in [0.25, 0.3) is 0 Å². The number of aliphatic imine (C=N–C) groups is 1. The van der Waals surface area contributed by atoms with Crippen molar-refractivity contribution in [1.29, 1.82) is 0 Å². The molecule has 0 aliphatic carbocycles. The van der Waals surface area contributed by atoms with E-state index >= 15 is 0 Å². The highest BCUT2D eigenvalue weighted by Crippen LogP contribution is 2.36. The van der Waals surface area contributed by atoms with Gasteiger partial charge in [0, 0.05) is 16.4 Å². The first kappa shape index (κ1) is 8.63. The number of nitrogens with zero attached hydrogens (tertiary/aromatic N) is 1. The fourth-order valence-corrected chi connectivity index (χ4v) is 2.14. The normalized spacial score (nSPS) is 14.8. The highest BCUT2D eigenvalue weighted by Gasteiger charge is 2.10. The lowest BCUT2D eigenvalue weighted by Gasteiger charge is -2.13. The number of thioether (sulfide) groups is 1. The minimum atomic E-state index is 0.904. The molecule has 1 aromatic carbocycles. The second kappa shape index (κ2) is 3.42. The van der Waals surface area contributed by atoms with E-state index < -0.39 is 0 Å². The Hall–Kier alpha value is -0.960. The van der Waals surface area contributed by atoms with Crippen molar-refractivity contribution < 1.29 is 4.74 Å². The molecular formula is C10H11NOS. The molecule has 1 aromatic rings. The minimum absolute atomic E-state index is 0.904. The summed E-state index contributed by atoms with van der Waals surface area (Å²) in [5, 5.41) is 0. The van der Waals surface area contributed by atoms with Gasteiger partial charge in [0.15, 0.2) is 0 Å². The Bertz CT molecular complexity index is 360. The smallest absolute Gasteiger partial charge is 0.120 e. The predicted octanol–water partition coefficient (Wildman–Crippen LogP) is 2.89. The molecule has 68 valence electrons. The Labute approximate surface area is 82.0 Å². The van der Waals surface area contributed by atoms with Crippen LogP contribution in [0.1, 0.15) is 6.92 Å². The second-order valence-electron chi connectivity index (χ2n) is 2.97. The number of benzene rings is 1. The topological polar surface area (TPSA) is 21.6 Å². The van der Waals surface area contributed by atoms with Crippen LogP contribution in [0.2, 0.25) is 0 Å². The average molecular weight is 193 g/mol. The molecule has 0 aromatic heterocycles. The summed E-state index contributed by atoms with van der Waals surface area (Å²) in [5.74, 6) is 1.89. The third-order valence-corrected chi connectivity index (χ3v) is 3.11. The summed E-state index contributed by atoms with van der Waals surface area (Å²) in [6.07, 6.45) is 0. The van der Waals surface area contributed by atoms with E-state index in [1.807, 2.05) is 30.0 Å². The fraction of sp³-hybridized carbons (Fsp3) is 0.300. The molecule has 13 heavy (non-hydrogen) atoms. The zero-order chi connectivity index (χ0) is 9.26. The summed E-state index contributed by atoms with van der Waals surface area (Å²) in [6.45, 7) is 2.06. The van der Waals surface area contributed by atoms with Gasteiger partial charge in [-0.1, -0.05) is 0 Å². The lowest BCUT2D eigenvalue weighted by atomic mass is 10.3. The molecule has 0 spiro atoms. The molecule has 0 atom stereocenters. The van der Waals surface area contributed by atoms with Crippen LogP contribution in [0.5, 0.6) is 5.75 Å². The second-order valence-corrected chi connectivity index (χ2v) is 3.99. The highest BCUT2D eigenvalue weighted by molar-refractivity contribution is 8.00. The van der Waals surface area contributed by atoms with Gasteiger partial charge in [-0.2, -0.15) is 0 Å². The zero-order valence-electron chi connectivity index (χ0n) is 7.70. The van der Waals surface area contributed by atoms with Crippen LogP contribution in [-0.4, -0.2) is 18.6 Å². The summed E-state index contributed by atoms with van der Waals surface area (Å²) < 4.78 is 5.15. The van der Waals surface area contributed by atoms with Gasteiger partial charge in [0.05, 0.1) is 12.8 Å². The Morgan fingerprint density at radius 1 is 1.46 bits per heavy atom. The van der Waals surface area contributed by atoms with E-state index in [2.05, 4.69) is 11.9 Å². The Morgan fingerprint density at radius 3 is 3.08 bits per heavy atom. The van der Waals surface area contributed by atoms with Crippen molar-refractivity contribution in [2.24, 2.45) is 4.99 Å². The molecule has 0 amide bonds. The van der Waals surface area contributed by atoms with E-state index in [0.717, 1.165) is 17.2 Å². The summed E-state index contributed by atoms with van der Waals surface area (Å²) in [4.78, 5) is 5.67. The first-order valence-corrected chi connectivity index (χ1v) is 5.13. The molecule has 1 heterocycles. The van der Waals surface area contributed by atoms with Crippen LogP contribution in [-0.2, 0) is 0 Å². The lowest BCUT2D eigenvalue weighted by molar-refractivity contribution is 0.414. The number of fused-ring (bicyclic) bond motifs is 1. The number of hydrogen-bond donors (Lipinski definition) is 0. The number of rotatable bonds is 1. The third-order valence-electron chi connectivity index (χ3n) is 1.91. The minimum Gasteiger partial charge on any atom is -0.497 e. The van der Waals surface area contributed by atoms with Crippen molar-refractivity contribution in [3.05, 3.63) is 18.2 Å². The van der Waals surface area contributed by atoms with Crippen LogP contribution < -0.4 is 4.74 Å². The van der Waals surface area contributed by atoms with E-state index in [1.54, 1.807) is 7.11 Å². The van der Waals surface area contributed by atoms with Gasteiger partial charge in [0.1, 0.15) is 5.75 Å². The van der Waals surface area contributed by atoms with Crippen LogP contribution in [0.4, 0.5) is 5.69 Å². The van der Waals surface area contributed by atoms with Gasteiger partial charge in [-0.15, -0.1) is 11.8 Å². The lowest BCUT2D eigenvalue weighted by Crippen LogP contribution is -1.99. The van der Waals surface area contributed by atoms with E-state index in [-0.39, 0.29) is 0 Å². The van der Waals surface area contributed by atoms with Gasteiger partial charge in [-0.05, 0) is 25.1 Å². The van der Waals surface area contributed by atoms with Crippen molar-refractivity contribution in [3.8, 4) is 5.75 Å².